The molecule has 26 heavy (non-hydrogen) atoms. The first-order valence-corrected chi connectivity index (χ1v) is 7.80. The van der Waals surface area contributed by atoms with E-state index >= 15 is 0 Å². The average Bonchev–Trinajstić information content (AvgIpc) is 3.02. The van der Waals surface area contributed by atoms with Crippen LogP contribution in [0.2, 0.25) is 0 Å². The third-order valence-corrected chi connectivity index (χ3v) is 4.47. The number of sulfonamides is 1. The van der Waals surface area contributed by atoms with Gasteiger partial charge in [-0.3, -0.25) is 4.79 Å². The summed E-state index contributed by atoms with van der Waals surface area (Å²) in [6.45, 7) is 0. The smallest absolute Gasteiger partial charge is 0.329 e. The van der Waals surface area contributed by atoms with E-state index in [9.17, 15) is 39.6 Å². The maximum atomic E-state index is 12.4. The highest BCUT2D eigenvalue weighted by molar-refractivity contribution is 7.90. The molecule has 7 nitrogen and oxygen atoms in total. The van der Waals surface area contributed by atoms with Crippen molar-refractivity contribution in [3.8, 4) is 11.4 Å². The van der Waals surface area contributed by atoms with Crippen LogP contribution in [0.4, 0.5) is 26.3 Å². The van der Waals surface area contributed by atoms with Crippen molar-refractivity contribution in [1.82, 2.24) is 14.4 Å². The summed E-state index contributed by atoms with van der Waals surface area (Å²) in [6.07, 6.45) is -4.87. The molecule has 1 amide bonds. The Labute approximate surface area is 141 Å². The number of aromatic nitrogens is 2. The van der Waals surface area contributed by atoms with Crippen molar-refractivity contribution in [3.05, 3.63) is 35.7 Å². The molecule has 2 aromatic rings. The van der Waals surface area contributed by atoms with Gasteiger partial charge in [0.05, 0.1) is 0 Å². The highest BCUT2D eigenvalue weighted by Crippen LogP contribution is 2.30. The lowest BCUT2D eigenvalue weighted by atomic mass is 10.1. The predicted molar refractivity (Wildman–Crippen MR) is 71.8 cm³/mol. The van der Waals surface area contributed by atoms with Crippen molar-refractivity contribution in [2.24, 2.45) is 0 Å². The van der Waals surface area contributed by atoms with Gasteiger partial charge in [0.15, 0.2) is 0 Å². The van der Waals surface area contributed by atoms with Crippen LogP contribution in [0.1, 0.15) is 16.2 Å². The molecular formula is C12H7F6N3O4S. The van der Waals surface area contributed by atoms with Crippen LogP contribution in [0.25, 0.3) is 11.4 Å². The number of halogens is 6. The number of hydrogen-bond donors (Lipinski definition) is 0. The third-order valence-electron chi connectivity index (χ3n) is 3.00. The van der Waals surface area contributed by atoms with Gasteiger partial charge in [-0.25, -0.2) is 4.31 Å². The number of rotatable bonds is 3. The molecule has 0 fully saturated rings. The maximum Gasteiger partial charge on any atom is 0.516 e. The lowest BCUT2D eigenvalue weighted by Gasteiger charge is -2.19. The second-order valence-corrected chi connectivity index (χ2v) is 6.68. The molecule has 0 unspecified atom stereocenters. The Morgan fingerprint density at radius 1 is 1.08 bits per heavy atom. The van der Waals surface area contributed by atoms with Crippen LogP contribution in [0.5, 0.6) is 0 Å². The number of hydrogen-bond acceptors (Lipinski definition) is 6. The molecule has 14 heteroatoms. The number of amides is 1. The SMILES string of the molecule is CN(C(=O)c1ccc(-c2noc(C(F)(F)F)n2)cc1)S(=O)(=O)C(F)(F)F. The van der Waals surface area contributed by atoms with Gasteiger partial charge < -0.3 is 4.52 Å². The molecule has 0 saturated carbocycles. The number of alkyl halides is 6. The minimum Gasteiger partial charge on any atom is -0.329 e. The highest BCUT2D eigenvalue weighted by atomic mass is 32.2. The van der Waals surface area contributed by atoms with E-state index in [1.165, 1.54) is 0 Å². The quantitative estimate of drug-likeness (QED) is 0.732. The van der Waals surface area contributed by atoms with Gasteiger partial charge in [0.2, 0.25) is 5.82 Å². The van der Waals surface area contributed by atoms with Gasteiger partial charge in [-0.1, -0.05) is 17.3 Å². The van der Waals surface area contributed by atoms with Crippen LogP contribution in [-0.4, -0.2) is 41.3 Å². The standard InChI is InChI=1S/C12H7F6N3O4S/c1-21(26(23,24)12(16,17)18)9(22)7-4-2-6(3-5-7)8-19-10(25-20-8)11(13,14)15/h2-5H,1H3. The molecule has 0 aliphatic rings. The molecule has 142 valence electrons. The Kier molecular flexibility index (Phi) is 4.74. The van der Waals surface area contributed by atoms with E-state index in [0.717, 1.165) is 24.3 Å². The summed E-state index contributed by atoms with van der Waals surface area (Å²) >= 11 is 0. The van der Waals surface area contributed by atoms with Gasteiger partial charge in [-0.15, -0.1) is 0 Å². The van der Waals surface area contributed by atoms with Gasteiger partial charge in [0.1, 0.15) is 0 Å². The van der Waals surface area contributed by atoms with E-state index in [1.54, 1.807) is 0 Å². The van der Waals surface area contributed by atoms with Crippen molar-refractivity contribution in [1.29, 1.82) is 0 Å². The zero-order chi connectivity index (χ0) is 19.9. The van der Waals surface area contributed by atoms with E-state index < -0.39 is 49.2 Å². The fourth-order valence-corrected chi connectivity index (χ4v) is 2.30. The van der Waals surface area contributed by atoms with Crippen LogP contribution < -0.4 is 0 Å². The summed E-state index contributed by atoms with van der Waals surface area (Å²) in [7, 11) is -5.46. The van der Waals surface area contributed by atoms with Gasteiger partial charge in [0, 0.05) is 18.2 Å². The first-order valence-electron chi connectivity index (χ1n) is 6.36. The fourth-order valence-electron chi connectivity index (χ4n) is 1.66. The second-order valence-electron chi connectivity index (χ2n) is 4.72. The Morgan fingerprint density at radius 2 is 1.62 bits per heavy atom. The van der Waals surface area contributed by atoms with Crippen molar-refractivity contribution >= 4 is 15.9 Å². The summed E-state index contributed by atoms with van der Waals surface area (Å²) in [4.78, 5) is 15.0. The molecule has 0 atom stereocenters. The number of nitrogens with zero attached hydrogens (tertiary/aromatic N) is 3. The minimum atomic E-state index is -5.88. The zero-order valence-corrected chi connectivity index (χ0v) is 13.3. The molecule has 1 aromatic carbocycles. The normalized spacial score (nSPS) is 12.9. The fraction of sp³-hybridized carbons (Fsp3) is 0.250. The monoisotopic (exact) mass is 403 g/mol. The largest absolute Gasteiger partial charge is 0.516 e. The zero-order valence-electron chi connectivity index (χ0n) is 12.5. The summed E-state index contributed by atoms with van der Waals surface area (Å²) in [5, 5.41) is 3.09. The van der Waals surface area contributed by atoms with Crippen LogP contribution >= 0.6 is 0 Å². The Balaban J connectivity index is 2.27. The Bertz CT molecular complexity index is 918. The Hall–Kier alpha value is -2.64. The Morgan fingerprint density at radius 3 is 2.04 bits per heavy atom. The molecule has 2 rings (SSSR count). The third kappa shape index (κ3) is 3.63. The van der Waals surface area contributed by atoms with Gasteiger partial charge in [-0.05, 0) is 12.1 Å². The van der Waals surface area contributed by atoms with Crippen molar-refractivity contribution in [2.45, 2.75) is 11.7 Å². The van der Waals surface area contributed by atoms with E-state index in [2.05, 4.69) is 14.7 Å². The average molecular weight is 403 g/mol. The summed E-state index contributed by atoms with van der Waals surface area (Å²) in [5.41, 5.74) is -6.17. The van der Waals surface area contributed by atoms with Crippen LogP contribution in [-0.2, 0) is 16.2 Å². The highest BCUT2D eigenvalue weighted by Gasteiger charge is 2.50. The molecule has 0 aliphatic heterocycles. The second kappa shape index (κ2) is 6.26. The predicted octanol–water partition coefficient (Wildman–Crippen LogP) is 2.68. The minimum absolute atomic E-state index is 0.0397. The number of carbonyl (C=O) groups excluding carboxylic acids is 1. The molecule has 0 saturated heterocycles. The van der Waals surface area contributed by atoms with Gasteiger partial charge in [0.25, 0.3) is 5.91 Å². The van der Waals surface area contributed by atoms with E-state index in [1.807, 2.05) is 0 Å². The molecule has 1 heterocycles. The summed E-state index contributed by atoms with van der Waals surface area (Å²) in [5.74, 6) is -3.57. The first kappa shape index (κ1) is 19.7. The van der Waals surface area contributed by atoms with Crippen molar-refractivity contribution < 1.29 is 44.1 Å². The molecule has 0 N–H and O–H groups in total. The van der Waals surface area contributed by atoms with Crippen LogP contribution in [0, 0.1) is 0 Å². The van der Waals surface area contributed by atoms with E-state index in [-0.39, 0.29) is 5.56 Å². The lowest BCUT2D eigenvalue weighted by Crippen LogP contribution is -2.41. The van der Waals surface area contributed by atoms with Gasteiger partial charge >= 0.3 is 27.6 Å². The van der Waals surface area contributed by atoms with Gasteiger partial charge in [-0.2, -0.15) is 39.7 Å². The summed E-state index contributed by atoms with van der Waals surface area (Å²) in [6, 6.07) is 3.85. The van der Waals surface area contributed by atoms with Crippen molar-refractivity contribution in [2.75, 3.05) is 7.05 Å². The van der Waals surface area contributed by atoms with E-state index in [0.29, 0.717) is 7.05 Å². The van der Waals surface area contributed by atoms with Crippen LogP contribution in [0.3, 0.4) is 0 Å². The maximum absolute atomic E-state index is 12.4. The number of carbonyl (C=O) groups is 1. The lowest BCUT2D eigenvalue weighted by molar-refractivity contribution is -0.159. The molecule has 0 bridgehead atoms. The molecule has 0 spiro atoms. The van der Waals surface area contributed by atoms with Crippen LogP contribution in [0.15, 0.2) is 28.8 Å². The van der Waals surface area contributed by atoms with Crippen molar-refractivity contribution in [3.63, 3.8) is 0 Å². The molecule has 1 aromatic heterocycles. The first-order chi connectivity index (χ1) is 11.7. The molecule has 0 aliphatic carbocycles. The summed E-state index contributed by atoms with van der Waals surface area (Å²) < 4.78 is 100. The molecular weight excluding hydrogens is 396 g/mol. The molecule has 0 radical (unpaired) electrons. The number of benzene rings is 1. The van der Waals surface area contributed by atoms with E-state index in [4.69, 9.17) is 0 Å². The topological polar surface area (TPSA) is 93.4 Å².